The third-order valence-electron chi connectivity index (χ3n) is 5.04. The Morgan fingerprint density at radius 3 is 2.45 bits per heavy atom. The average molecular weight is 449 g/mol. The average Bonchev–Trinajstić information content (AvgIpc) is 2.79. The van der Waals surface area contributed by atoms with Crippen LogP contribution < -0.4 is 18.9 Å². The van der Waals surface area contributed by atoms with Crippen molar-refractivity contribution in [1.82, 2.24) is 0 Å². The molecule has 0 N–H and O–H groups in total. The molecule has 0 radical (unpaired) electrons. The summed E-state index contributed by atoms with van der Waals surface area (Å²) in [6.45, 7) is 13.3. The Hall–Kier alpha value is -3.80. The van der Waals surface area contributed by atoms with E-state index in [1.165, 1.54) is 0 Å². The SMILES string of the molecule is C=CCOc1ccc(C(=O)COc2c(C=O)ccc3c2C=CC(C)(C)O3)c(OCC=C)c1C. The first-order valence-corrected chi connectivity index (χ1v) is 10.6. The maximum atomic E-state index is 13.1. The molecule has 0 aromatic heterocycles. The van der Waals surface area contributed by atoms with Gasteiger partial charge in [-0.15, -0.1) is 0 Å². The van der Waals surface area contributed by atoms with Crippen molar-refractivity contribution < 1.29 is 28.5 Å². The van der Waals surface area contributed by atoms with Gasteiger partial charge in [0.2, 0.25) is 5.78 Å². The van der Waals surface area contributed by atoms with E-state index in [9.17, 15) is 9.59 Å². The zero-order valence-electron chi connectivity index (χ0n) is 19.2. The quantitative estimate of drug-likeness (QED) is 0.261. The summed E-state index contributed by atoms with van der Waals surface area (Å²) in [7, 11) is 0. The number of benzene rings is 2. The van der Waals surface area contributed by atoms with Crippen LogP contribution in [0.1, 0.15) is 45.7 Å². The van der Waals surface area contributed by atoms with Gasteiger partial charge in [-0.05, 0) is 57.2 Å². The van der Waals surface area contributed by atoms with Gasteiger partial charge < -0.3 is 18.9 Å². The van der Waals surface area contributed by atoms with Crippen LogP contribution in [0.2, 0.25) is 0 Å². The molecule has 0 fully saturated rings. The van der Waals surface area contributed by atoms with Crippen LogP contribution >= 0.6 is 0 Å². The molecule has 6 nitrogen and oxygen atoms in total. The van der Waals surface area contributed by atoms with E-state index < -0.39 is 5.60 Å². The van der Waals surface area contributed by atoms with Crippen molar-refractivity contribution in [2.45, 2.75) is 26.4 Å². The van der Waals surface area contributed by atoms with Crippen LogP contribution in [0, 0.1) is 6.92 Å². The van der Waals surface area contributed by atoms with Crippen LogP contribution in [0.25, 0.3) is 6.08 Å². The minimum absolute atomic E-state index is 0.228. The summed E-state index contributed by atoms with van der Waals surface area (Å²) in [5.74, 6) is 1.59. The van der Waals surface area contributed by atoms with E-state index in [-0.39, 0.29) is 19.0 Å². The summed E-state index contributed by atoms with van der Waals surface area (Å²) >= 11 is 0. The molecule has 2 aromatic rings. The summed E-state index contributed by atoms with van der Waals surface area (Å²) in [6.07, 6.45) is 7.66. The van der Waals surface area contributed by atoms with Crippen molar-refractivity contribution in [2.24, 2.45) is 0 Å². The molecular weight excluding hydrogens is 420 g/mol. The number of hydrogen-bond donors (Lipinski definition) is 0. The van der Waals surface area contributed by atoms with E-state index in [0.29, 0.717) is 58.1 Å². The second-order valence-corrected chi connectivity index (χ2v) is 8.03. The van der Waals surface area contributed by atoms with Crippen molar-refractivity contribution >= 4 is 18.1 Å². The Morgan fingerprint density at radius 2 is 1.76 bits per heavy atom. The maximum Gasteiger partial charge on any atom is 0.203 e. The molecule has 0 unspecified atom stereocenters. The smallest absolute Gasteiger partial charge is 0.203 e. The highest BCUT2D eigenvalue weighted by Gasteiger charge is 2.26. The normalized spacial score (nSPS) is 13.3. The molecule has 0 aliphatic carbocycles. The number of Topliss-reactive ketones (excluding diaryl/α,β-unsaturated/α-hetero) is 1. The summed E-state index contributed by atoms with van der Waals surface area (Å²) < 4.78 is 23.3. The van der Waals surface area contributed by atoms with Crippen LogP contribution in [0.15, 0.2) is 55.7 Å². The Labute approximate surface area is 194 Å². The van der Waals surface area contributed by atoms with Gasteiger partial charge in [-0.2, -0.15) is 0 Å². The predicted octanol–water partition coefficient (Wildman–Crippen LogP) is 5.38. The molecule has 1 heterocycles. The van der Waals surface area contributed by atoms with Crippen molar-refractivity contribution in [3.8, 4) is 23.0 Å². The highest BCUT2D eigenvalue weighted by Crippen LogP contribution is 2.39. The zero-order valence-corrected chi connectivity index (χ0v) is 19.2. The van der Waals surface area contributed by atoms with E-state index in [0.717, 1.165) is 0 Å². The Kier molecular flexibility index (Phi) is 7.38. The van der Waals surface area contributed by atoms with Crippen LogP contribution in [0.5, 0.6) is 23.0 Å². The summed E-state index contributed by atoms with van der Waals surface area (Å²) in [5, 5.41) is 0. The first-order valence-electron chi connectivity index (χ1n) is 10.6. The lowest BCUT2D eigenvalue weighted by molar-refractivity contribution is 0.0912. The van der Waals surface area contributed by atoms with Crippen LogP contribution in [-0.4, -0.2) is 37.5 Å². The lowest BCUT2D eigenvalue weighted by atomic mass is 10.00. The van der Waals surface area contributed by atoms with Gasteiger partial charge in [0.05, 0.1) is 16.7 Å². The number of ketones is 1. The molecule has 6 heteroatoms. The van der Waals surface area contributed by atoms with Crippen molar-refractivity contribution in [1.29, 1.82) is 0 Å². The van der Waals surface area contributed by atoms with Crippen LogP contribution in [0.3, 0.4) is 0 Å². The molecule has 172 valence electrons. The molecule has 0 bridgehead atoms. The van der Waals surface area contributed by atoms with Crippen molar-refractivity contribution in [3.05, 3.63) is 77.9 Å². The van der Waals surface area contributed by atoms with E-state index in [1.54, 1.807) is 36.4 Å². The number of rotatable bonds is 11. The minimum Gasteiger partial charge on any atom is -0.489 e. The zero-order chi connectivity index (χ0) is 24.0. The number of ether oxygens (including phenoxy) is 4. The van der Waals surface area contributed by atoms with E-state index >= 15 is 0 Å². The fourth-order valence-corrected chi connectivity index (χ4v) is 3.44. The van der Waals surface area contributed by atoms with Gasteiger partial charge in [-0.3, -0.25) is 9.59 Å². The Morgan fingerprint density at radius 1 is 1.03 bits per heavy atom. The predicted molar refractivity (Wildman–Crippen MR) is 128 cm³/mol. The van der Waals surface area contributed by atoms with E-state index in [2.05, 4.69) is 13.2 Å². The maximum absolute atomic E-state index is 13.1. The molecule has 0 spiro atoms. The second-order valence-electron chi connectivity index (χ2n) is 8.03. The summed E-state index contributed by atoms with van der Waals surface area (Å²) in [6, 6.07) is 6.70. The monoisotopic (exact) mass is 448 g/mol. The molecule has 2 aromatic carbocycles. The van der Waals surface area contributed by atoms with Gasteiger partial charge >= 0.3 is 0 Å². The van der Waals surface area contributed by atoms with Gasteiger partial charge in [0.15, 0.2) is 12.9 Å². The molecule has 0 atom stereocenters. The molecule has 33 heavy (non-hydrogen) atoms. The van der Waals surface area contributed by atoms with Crippen molar-refractivity contribution in [3.63, 3.8) is 0 Å². The van der Waals surface area contributed by atoms with E-state index in [4.69, 9.17) is 18.9 Å². The fourth-order valence-electron chi connectivity index (χ4n) is 3.44. The summed E-state index contributed by atoms with van der Waals surface area (Å²) in [5.41, 5.74) is 1.52. The number of hydrogen-bond acceptors (Lipinski definition) is 6. The molecule has 0 amide bonds. The number of carbonyl (C=O) groups is 2. The number of fused-ring (bicyclic) bond motifs is 1. The highest BCUT2D eigenvalue weighted by molar-refractivity contribution is 6.00. The van der Waals surface area contributed by atoms with Gasteiger partial charge in [0.25, 0.3) is 0 Å². The largest absolute Gasteiger partial charge is 0.489 e. The third kappa shape index (κ3) is 5.34. The lowest BCUT2D eigenvalue weighted by Crippen LogP contribution is -2.27. The fraction of sp³-hybridized carbons (Fsp3) is 0.259. The topological polar surface area (TPSA) is 71.1 Å². The van der Waals surface area contributed by atoms with Crippen molar-refractivity contribution in [2.75, 3.05) is 19.8 Å². The van der Waals surface area contributed by atoms with Gasteiger partial charge in [-0.25, -0.2) is 0 Å². The van der Waals surface area contributed by atoms with Gasteiger partial charge in [0, 0.05) is 5.56 Å². The number of carbonyl (C=O) groups excluding carboxylic acids is 2. The highest BCUT2D eigenvalue weighted by atomic mass is 16.5. The van der Waals surface area contributed by atoms with Crippen LogP contribution in [-0.2, 0) is 0 Å². The molecule has 1 aliphatic rings. The van der Waals surface area contributed by atoms with E-state index in [1.807, 2.05) is 32.9 Å². The van der Waals surface area contributed by atoms with Crippen LogP contribution in [0.4, 0.5) is 0 Å². The molecule has 0 saturated carbocycles. The molecule has 0 saturated heterocycles. The molecular formula is C27H28O6. The Bertz CT molecular complexity index is 1110. The lowest BCUT2D eigenvalue weighted by Gasteiger charge is -2.29. The summed E-state index contributed by atoms with van der Waals surface area (Å²) in [4.78, 5) is 24.7. The van der Waals surface area contributed by atoms with Gasteiger partial charge in [-0.1, -0.05) is 25.3 Å². The number of aldehydes is 1. The first kappa shape index (κ1) is 23.9. The van der Waals surface area contributed by atoms with Gasteiger partial charge in [0.1, 0.15) is 41.8 Å². The second kappa shape index (κ2) is 10.2. The Balaban J connectivity index is 1.89. The third-order valence-corrected chi connectivity index (χ3v) is 5.04. The first-order chi connectivity index (χ1) is 15.8. The minimum atomic E-state index is -0.479. The molecule has 3 rings (SSSR count). The standard InChI is InChI=1S/C27H28O6/c1-6-14-30-23-11-9-20(25(18(23)3)31-15-7-2)22(29)17-32-26-19(16-28)8-10-24-21(26)12-13-27(4,5)33-24/h6-13,16H,1-2,14-15,17H2,3-5H3. The molecule has 1 aliphatic heterocycles.